The minimum Gasteiger partial charge on any atom is -0.456 e. The molecule has 2 nitrogen and oxygen atoms in total. The summed E-state index contributed by atoms with van der Waals surface area (Å²) in [7, 11) is 0. The molecule has 2 heterocycles. The first-order chi connectivity index (χ1) is 30.2. The summed E-state index contributed by atoms with van der Waals surface area (Å²) in [5, 5.41) is 7.37. The Kier molecular flexibility index (Phi) is 8.39. The summed E-state index contributed by atoms with van der Waals surface area (Å²) in [5.41, 5.74) is 14.6. The van der Waals surface area contributed by atoms with Crippen molar-refractivity contribution in [1.82, 2.24) is 0 Å². The van der Waals surface area contributed by atoms with Crippen LogP contribution in [-0.4, -0.2) is 0 Å². The van der Waals surface area contributed by atoms with E-state index in [-0.39, 0.29) is 0 Å². The predicted molar refractivity (Wildman–Crippen MR) is 261 cm³/mol. The van der Waals surface area contributed by atoms with Gasteiger partial charge >= 0.3 is 0 Å². The average Bonchev–Trinajstić information content (AvgIpc) is 3.90. The first-order valence-corrected chi connectivity index (χ1v) is 21.5. The van der Waals surface area contributed by atoms with Crippen molar-refractivity contribution in [3.05, 3.63) is 224 Å². The lowest BCUT2D eigenvalue weighted by Gasteiger charge is -2.28. The molecule has 0 aliphatic carbocycles. The lowest BCUT2D eigenvalue weighted by Crippen LogP contribution is -2.11. The van der Waals surface area contributed by atoms with E-state index in [9.17, 15) is 0 Å². The highest BCUT2D eigenvalue weighted by Gasteiger charge is 2.19. The molecule has 0 amide bonds. The summed E-state index contributed by atoms with van der Waals surface area (Å²) >= 11 is 1.85. The van der Waals surface area contributed by atoms with E-state index in [1.165, 1.54) is 58.8 Å². The Bertz CT molecular complexity index is 3590. The van der Waals surface area contributed by atoms with Crippen molar-refractivity contribution in [3.8, 4) is 44.5 Å². The number of fused-ring (bicyclic) bond motifs is 7. The van der Waals surface area contributed by atoms with Crippen molar-refractivity contribution in [3.63, 3.8) is 0 Å². The van der Waals surface area contributed by atoms with Crippen molar-refractivity contribution in [1.29, 1.82) is 0 Å². The van der Waals surface area contributed by atoms with Crippen molar-refractivity contribution in [2.75, 3.05) is 4.90 Å². The van der Waals surface area contributed by atoms with Crippen LogP contribution >= 0.6 is 11.3 Å². The Labute approximate surface area is 357 Å². The van der Waals surface area contributed by atoms with Crippen LogP contribution in [-0.2, 0) is 0 Å². The molecule has 0 fully saturated rings. The molecule has 286 valence electrons. The van der Waals surface area contributed by atoms with E-state index >= 15 is 0 Å². The number of furan rings is 1. The van der Waals surface area contributed by atoms with E-state index < -0.39 is 0 Å². The number of hydrogen-bond donors (Lipinski definition) is 0. The second kappa shape index (κ2) is 14.5. The Morgan fingerprint density at radius 3 is 1.79 bits per heavy atom. The molecule has 0 saturated carbocycles. The Morgan fingerprint density at radius 1 is 0.311 bits per heavy atom. The smallest absolute Gasteiger partial charge is 0.135 e. The first kappa shape index (κ1) is 35.2. The van der Waals surface area contributed by atoms with Gasteiger partial charge < -0.3 is 9.32 Å². The summed E-state index contributed by atoms with van der Waals surface area (Å²) in [5.74, 6) is 0. The molecule has 2 aromatic heterocycles. The molecular formula is C58H37NOS. The van der Waals surface area contributed by atoms with Gasteiger partial charge in [-0.15, -0.1) is 11.3 Å². The molecule has 0 saturated heterocycles. The normalized spacial score (nSPS) is 11.6. The van der Waals surface area contributed by atoms with Gasteiger partial charge in [0.2, 0.25) is 0 Å². The lowest BCUT2D eigenvalue weighted by atomic mass is 9.96. The van der Waals surface area contributed by atoms with Gasteiger partial charge in [-0.05, 0) is 116 Å². The average molecular weight is 796 g/mol. The number of benzene rings is 10. The molecule has 0 radical (unpaired) electrons. The SMILES string of the molecule is c1cc(-c2ccc(-c3cccc4ccccc34)cc2)cc(N(c2ccc(-c3ccc4oc5ccccc5c4c3)cc2)c2ccccc2-c2ccc3sc4ccccc4c3c2)c1. The van der Waals surface area contributed by atoms with E-state index in [4.69, 9.17) is 4.42 Å². The largest absolute Gasteiger partial charge is 0.456 e. The molecule has 0 aliphatic heterocycles. The minimum atomic E-state index is 0.904. The predicted octanol–water partition coefficient (Wildman–Crippen LogP) is 17.2. The fraction of sp³-hybridized carbons (Fsp3) is 0. The Balaban J connectivity index is 0.973. The highest BCUT2D eigenvalue weighted by atomic mass is 32.1. The van der Waals surface area contributed by atoms with Gasteiger partial charge in [0, 0.05) is 47.9 Å². The molecule has 3 heteroatoms. The molecule has 0 N–H and O–H groups in total. The van der Waals surface area contributed by atoms with Crippen LogP contribution < -0.4 is 4.90 Å². The standard InChI is InChI=1S/C58H37NOS/c1-2-15-47-40(11-1)12-10-19-48(47)41-25-23-38(24-26-41)42-13-9-14-46(35-42)59(45-31-27-39(28-32-45)43-29-33-56-52(36-43)50-17-4-7-21-55(50)60-56)54-20-6-3-16-49(54)44-30-34-58-53(37-44)51-18-5-8-22-57(51)61-58/h1-37H. The van der Waals surface area contributed by atoms with Crippen LogP contribution in [0, 0.1) is 0 Å². The Morgan fingerprint density at radius 2 is 0.902 bits per heavy atom. The van der Waals surface area contributed by atoms with Gasteiger partial charge in [-0.25, -0.2) is 0 Å². The first-order valence-electron chi connectivity index (χ1n) is 20.7. The summed E-state index contributed by atoms with van der Waals surface area (Å²) in [6, 6.07) is 81.4. The van der Waals surface area contributed by atoms with Crippen LogP contribution in [0.1, 0.15) is 0 Å². The second-order valence-electron chi connectivity index (χ2n) is 15.7. The van der Waals surface area contributed by atoms with Gasteiger partial charge in [-0.3, -0.25) is 0 Å². The quantitative estimate of drug-likeness (QED) is 0.160. The maximum Gasteiger partial charge on any atom is 0.135 e. The van der Waals surface area contributed by atoms with E-state index in [2.05, 4.69) is 217 Å². The zero-order chi connectivity index (χ0) is 40.3. The van der Waals surface area contributed by atoms with Crippen molar-refractivity contribution >= 4 is 81.3 Å². The maximum absolute atomic E-state index is 6.16. The fourth-order valence-electron chi connectivity index (χ4n) is 9.09. The number of anilines is 3. The number of para-hydroxylation sites is 2. The van der Waals surface area contributed by atoms with Crippen LogP contribution in [0.2, 0.25) is 0 Å². The van der Waals surface area contributed by atoms with Gasteiger partial charge in [0.15, 0.2) is 0 Å². The number of hydrogen-bond acceptors (Lipinski definition) is 3. The molecule has 0 atom stereocenters. The highest BCUT2D eigenvalue weighted by molar-refractivity contribution is 7.25. The lowest BCUT2D eigenvalue weighted by molar-refractivity contribution is 0.669. The molecule has 0 unspecified atom stereocenters. The molecule has 12 aromatic rings. The zero-order valence-electron chi connectivity index (χ0n) is 33.1. The van der Waals surface area contributed by atoms with Crippen molar-refractivity contribution < 1.29 is 4.42 Å². The van der Waals surface area contributed by atoms with E-state index in [0.717, 1.165) is 55.7 Å². The van der Waals surface area contributed by atoms with Crippen LogP contribution in [0.5, 0.6) is 0 Å². The Hall–Kier alpha value is -7.72. The van der Waals surface area contributed by atoms with E-state index in [0.29, 0.717) is 0 Å². The van der Waals surface area contributed by atoms with Crippen LogP contribution in [0.25, 0.3) is 97.4 Å². The molecule has 0 spiro atoms. The van der Waals surface area contributed by atoms with Gasteiger partial charge in [0.1, 0.15) is 11.2 Å². The molecule has 12 rings (SSSR count). The van der Waals surface area contributed by atoms with Gasteiger partial charge in [0.25, 0.3) is 0 Å². The van der Waals surface area contributed by atoms with Crippen LogP contribution in [0.15, 0.2) is 229 Å². The molecule has 0 aliphatic rings. The fourth-order valence-corrected chi connectivity index (χ4v) is 10.2. The third-order valence-electron chi connectivity index (χ3n) is 12.1. The van der Waals surface area contributed by atoms with Crippen LogP contribution in [0.3, 0.4) is 0 Å². The summed E-state index contributed by atoms with van der Waals surface area (Å²) < 4.78 is 8.77. The van der Waals surface area contributed by atoms with Gasteiger partial charge in [-0.1, -0.05) is 158 Å². The van der Waals surface area contributed by atoms with Crippen molar-refractivity contribution in [2.45, 2.75) is 0 Å². The van der Waals surface area contributed by atoms with Gasteiger partial charge in [-0.2, -0.15) is 0 Å². The number of thiophene rings is 1. The van der Waals surface area contributed by atoms with Gasteiger partial charge in [0.05, 0.1) is 5.69 Å². The third kappa shape index (κ3) is 6.18. The number of rotatable bonds is 7. The molecule has 61 heavy (non-hydrogen) atoms. The minimum absolute atomic E-state index is 0.904. The third-order valence-corrected chi connectivity index (χ3v) is 13.2. The second-order valence-corrected chi connectivity index (χ2v) is 16.8. The summed E-state index contributed by atoms with van der Waals surface area (Å²) in [4.78, 5) is 2.41. The van der Waals surface area contributed by atoms with Crippen LogP contribution in [0.4, 0.5) is 17.1 Å². The maximum atomic E-state index is 6.16. The monoisotopic (exact) mass is 795 g/mol. The van der Waals surface area contributed by atoms with E-state index in [1.807, 2.05) is 23.5 Å². The molecule has 10 aromatic carbocycles. The van der Waals surface area contributed by atoms with E-state index in [1.54, 1.807) is 0 Å². The molecular weight excluding hydrogens is 759 g/mol. The topological polar surface area (TPSA) is 16.4 Å². The summed E-state index contributed by atoms with van der Waals surface area (Å²) in [6.45, 7) is 0. The number of nitrogens with zero attached hydrogens (tertiary/aromatic N) is 1. The summed E-state index contributed by atoms with van der Waals surface area (Å²) in [6.07, 6.45) is 0. The molecule has 0 bridgehead atoms. The zero-order valence-corrected chi connectivity index (χ0v) is 33.9. The van der Waals surface area contributed by atoms with Crippen molar-refractivity contribution in [2.24, 2.45) is 0 Å². The highest BCUT2D eigenvalue weighted by Crippen LogP contribution is 2.45.